The Labute approximate surface area is 179 Å². The Kier molecular flexibility index (Phi) is 5.52. The number of anilines is 1. The van der Waals surface area contributed by atoms with Gasteiger partial charge in [-0.15, -0.1) is 0 Å². The SMILES string of the molecule is O=C1COc2cc(C(=O)NC(c3ccc(C(F)(F)F)cc3)c3ncccc3F)ccc2N1. The normalized spacial score (nSPS) is 14.1. The molecular formula is C22H15F4N3O3. The molecule has 0 fully saturated rings. The number of amides is 2. The molecule has 0 saturated carbocycles. The molecule has 2 heterocycles. The van der Waals surface area contributed by atoms with Gasteiger partial charge in [-0.05, 0) is 48.0 Å². The maximum atomic E-state index is 14.5. The van der Waals surface area contributed by atoms with E-state index in [4.69, 9.17) is 4.74 Å². The zero-order chi connectivity index (χ0) is 22.9. The van der Waals surface area contributed by atoms with Crippen molar-refractivity contribution in [1.82, 2.24) is 10.3 Å². The van der Waals surface area contributed by atoms with Gasteiger partial charge < -0.3 is 15.4 Å². The van der Waals surface area contributed by atoms with Crippen molar-refractivity contribution in [3.63, 3.8) is 0 Å². The second kappa shape index (κ2) is 8.29. The molecule has 2 aromatic carbocycles. The van der Waals surface area contributed by atoms with Crippen LogP contribution in [0.3, 0.4) is 0 Å². The third-order valence-corrected chi connectivity index (χ3v) is 4.78. The van der Waals surface area contributed by atoms with Crippen molar-refractivity contribution in [3.8, 4) is 5.75 Å². The lowest BCUT2D eigenvalue weighted by atomic mass is 10.00. The summed E-state index contributed by atoms with van der Waals surface area (Å²) in [7, 11) is 0. The Balaban J connectivity index is 1.66. The molecule has 2 amide bonds. The van der Waals surface area contributed by atoms with Crippen molar-refractivity contribution in [2.24, 2.45) is 0 Å². The van der Waals surface area contributed by atoms with Crippen LogP contribution in [-0.2, 0) is 11.0 Å². The number of hydrogen-bond acceptors (Lipinski definition) is 4. The first-order chi connectivity index (χ1) is 15.2. The van der Waals surface area contributed by atoms with Crippen LogP contribution in [0.1, 0.15) is 33.2 Å². The minimum atomic E-state index is -4.54. The third kappa shape index (κ3) is 4.39. The third-order valence-electron chi connectivity index (χ3n) is 4.78. The highest BCUT2D eigenvalue weighted by Crippen LogP contribution is 2.32. The molecular weight excluding hydrogens is 430 g/mol. The number of fused-ring (bicyclic) bond motifs is 1. The summed E-state index contributed by atoms with van der Waals surface area (Å²) in [5.74, 6) is -1.41. The number of rotatable bonds is 4. The summed E-state index contributed by atoms with van der Waals surface area (Å²) in [6.45, 7) is -0.203. The molecule has 3 aromatic rings. The highest BCUT2D eigenvalue weighted by atomic mass is 19.4. The van der Waals surface area contributed by atoms with E-state index in [1.165, 1.54) is 30.5 Å². The average Bonchev–Trinajstić information content (AvgIpc) is 2.77. The number of pyridine rings is 1. The molecule has 1 unspecified atom stereocenters. The zero-order valence-corrected chi connectivity index (χ0v) is 16.2. The van der Waals surface area contributed by atoms with Gasteiger partial charge >= 0.3 is 6.18 Å². The molecule has 32 heavy (non-hydrogen) atoms. The fourth-order valence-corrected chi connectivity index (χ4v) is 3.21. The summed E-state index contributed by atoms with van der Waals surface area (Å²) in [5.41, 5.74) is -0.268. The van der Waals surface area contributed by atoms with Crippen LogP contribution in [0.25, 0.3) is 0 Å². The van der Waals surface area contributed by atoms with Crippen molar-refractivity contribution < 1.29 is 31.9 Å². The highest BCUT2D eigenvalue weighted by Gasteiger charge is 2.31. The Morgan fingerprint density at radius 2 is 1.88 bits per heavy atom. The van der Waals surface area contributed by atoms with E-state index in [1.807, 2.05) is 0 Å². The number of carbonyl (C=O) groups is 2. The molecule has 6 nitrogen and oxygen atoms in total. The lowest BCUT2D eigenvalue weighted by molar-refractivity contribution is -0.137. The minimum Gasteiger partial charge on any atom is -0.482 e. The standard InChI is InChI=1S/C22H15F4N3O3/c23-15-2-1-9-27-20(15)19(12-3-6-14(7-4-12)22(24,25)26)29-21(31)13-5-8-16-17(10-13)32-11-18(30)28-16/h1-10,19H,11H2,(H,28,30)(H,29,31). The number of nitrogens with one attached hydrogen (secondary N) is 2. The van der Waals surface area contributed by atoms with E-state index in [2.05, 4.69) is 15.6 Å². The molecule has 2 N–H and O–H groups in total. The van der Waals surface area contributed by atoms with Crippen LogP contribution < -0.4 is 15.4 Å². The van der Waals surface area contributed by atoms with Crippen LogP contribution in [0, 0.1) is 5.82 Å². The van der Waals surface area contributed by atoms with Crippen LogP contribution in [-0.4, -0.2) is 23.4 Å². The van der Waals surface area contributed by atoms with Crippen molar-refractivity contribution in [2.45, 2.75) is 12.2 Å². The van der Waals surface area contributed by atoms with Crippen LogP contribution >= 0.6 is 0 Å². The number of hydrogen-bond donors (Lipinski definition) is 2. The molecule has 164 valence electrons. The summed E-state index contributed by atoms with van der Waals surface area (Å²) in [4.78, 5) is 28.3. The van der Waals surface area contributed by atoms with Crippen molar-refractivity contribution in [3.05, 3.63) is 89.0 Å². The lowest BCUT2D eigenvalue weighted by Gasteiger charge is -2.21. The summed E-state index contributed by atoms with van der Waals surface area (Å²) in [6, 6.07) is 9.69. The van der Waals surface area contributed by atoms with Gasteiger partial charge in [-0.3, -0.25) is 14.6 Å². The molecule has 4 rings (SSSR count). The Hall–Kier alpha value is -3.95. The van der Waals surface area contributed by atoms with Gasteiger partial charge in [0.25, 0.3) is 11.8 Å². The maximum Gasteiger partial charge on any atom is 0.416 e. The van der Waals surface area contributed by atoms with E-state index in [0.717, 1.165) is 30.3 Å². The van der Waals surface area contributed by atoms with Crippen LogP contribution in [0.2, 0.25) is 0 Å². The summed E-state index contributed by atoms with van der Waals surface area (Å²) < 4.78 is 58.5. The summed E-state index contributed by atoms with van der Waals surface area (Å²) >= 11 is 0. The molecule has 0 bridgehead atoms. The minimum absolute atomic E-state index is 0.146. The maximum absolute atomic E-state index is 14.5. The first-order valence-corrected chi connectivity index (χ1v) is 9.37. The molecule has 0 saturated heterocycles. The fourth-order valence-electron chi connectivity index (χ4n) is 3.21. The molecule has 0 radical (unpaired) electrons. The molecule has 1 atom stereocenters. The van der Waals surface area contributed by atoms with E-state index >= 15 is 0 Å². The summed E-state index contributed by atoms with van der Waals surface area (Å²) in [5, 5.41) is 5.21. The predicted octanol–water partition coefficient (Wildman–Crippen LogP) is 4.09. The number of carbonyl (C=O) groups excluding carboxylic acids is 2. The second-order valence-electron chi connectivity index (χ2n) is 6.94. The number of halogens is 4. The van der Waals surface area contributed by atoms with Gasteiger partial charge in [0.2, 0.25) is 0 Å². The van der Waals surface area contributed by atoms with Gasteiger partial charge in [-0.25, -0.2) is 4.39 Å². The second-order valence-corrected chi connectivity index (χ2v) is 6.94. The van der Waals surface area contributed by atoms with Gasteiger partial charge in [0.05, 0.1) is 17.3 Å². The van der Waals surface area contributed by atoms with Gasteiger partial charge in [-0.1, -0.05) is 12.1 Å². The van der Waals surface area contributed by atoms with Crippen LogP contribution in [0.4, 0.5) is 23.2 Å². The zero-order valence-electron chi connectivity index (χ0n) is 16.2. The Morgan fingerprint density at radius 1 is 1.12 bits per heavy atom. The largest absolute Gasteiger partial charge is 0.482 e. The van der Waals surface area contributed by atoms with E-state index in [0.29, 0.717) is 5.69 Å². The van der Waals surface area contributed by atoms with Crippen molar-refractivity contribution in [2.75, 3.05) is 11.9 Å². The van der Waals surface area contributed by atoms with E-state index in [9.17, 15) is 27.2 Å². The number of aromatic nitrogens is 1. The first-order valence-electron chi connectivity index (χ1n) is 9.37. The monoisotopic (exact) mass is 445 g/mol. The smallest absolute Gasteiger partial charge is 0.416 e. The van der Waals surface area contributed by atoms with Gasteiger partial charge in [0.15, 0.2) is 6.61 Å². The highest BCUT2D eigenvalue weighted by molar-refractivity contribution is 5.99. The van der Waals surface area contributed by atoms with Crippen LogP contribution in [0.15, 0.2) is 60.8 Å². The van der Waals surface area contributed by atoms with Gasteiger partial charge in [0.1, 0.15) is 17.3 Å². The number of nitrogens with zero attached hydrogens (tertiary/aromatic N) is 1. The van der Waals surface area contributed by atoms with E-state index in [1.54, 1.807) is 0 Å². The van der Waals surface area contributed by atoms with Gasteiger partial charge in [0, 0.05) is 11.8 Å². The topological polar surface area (TPSA) is 80.3 Å². The van der Waals surface area contributed by atoms with Crippen LogP contribution in [0.5, 0.6) is 5.75 Å². The number of benzene rings is 2. The molecule has 1 aliphatic heterocycles. The molecule has 1 aliphatic rings. The Morgan fingerprint density at radius 3 is 2.56 bits per heavy atom. The Bertz CT molecular complexity index is 1180. The predicted molar refractivity (Wildman–Crippen MR) is 106 cm³/mol. The van der Waals surface area contributed by atoms with E-state index in [-0.39, 0.29) is 35.1 Å². The lowest BCUT2D eigenvalue weighted by Crippen LogP contribution is -2.31. The molecule has 0 spiro atoms. The number of alkyl halides is 3. The molecule has 0 aliphatic carbocycles. The van der Waals surface area contributed by atoms with E-state index < -0.39 is 29.5 Å². The van der Waals surface area contributed by atoms with Crippen molar-refractivity contribution in [1.29, 1.82) is 0 Å². The first kappa shape index (κ1) is 21.3. The quantitative estimate of drug-likeness (QED) is 0.593. The van der Waals surface area contributed by atoms with Crippen molar-refractivity contribution >= 4 is 17.5 Å². The fraction of sp³-hybridized carbons (Fsp3) is 0.136. The summed E-state index contributed by atoms with van der Waals surface area (Å²) in [6.07, 6.45) is -3.22. The molecule has 10 heteroatoms. The van der Waals surface area contributed by atoms with Gasteiger partial charge in [-0.2, -0.15) is 13.2 Å². The average molecular weight is 445 g/mol. The number of ether oxygens (including phenoxy) is 1. The molecule has 1 aromatic heterocycles.